The van der Waals surface area contributed by atoms with Gasteiger partial charge in [0.1, 0.15) is 5.82 Å². The van der Waals surface area contributed by atoms with Crippen molar-refractivity contribution < 1.29 is 4.79 Å². The maximum Gasteiger partial charge on any atom is 0.266 e. The van der Waals surface area contributed by atoms with E-state index in [0.717, 1.165) is 12.1 Å². The topological polar surface area (TPSA) is 55.2 Å². The molecule has 0 fully saturated rings. The minimum Gasteiger partial charge on any atom is -0.328 e. The van der Waals surface area contributed by atoms with Gasteiger partial charge in [0.25, 0.3) is 11.5 Å². The summed E-state index contributed by atoms with van der Waals surface area (Å²) in [6.07, 6.45) is 1.40. The highest BCUT2D eigenvalue weighted by atomic mass is 35.5. The first-order chi connectivity index (χ1) is 16.9. The first-order valence-electron chi connectivity index (χ1n) is 12.0. The molecule has 1 unspecified atom stereocenters. The molecule has 3 aromatic carbocycles. The molecule has 6 heteroatoms. The van der Waals surface area contributed by atoms with Gasteiger partial charge < -0.3 is 4.90 Å². The van der Waals surface area contributed by atoms with Gasteiger partial charge in [-0.25, -0.2) is 4.98 Å². The Balaban J connectivity index is 1.94. The van der Waals surface area contributed by atoms with E-state index in [4.69, 9.17) is 16.6 Å². The first-order valence-corrected chi connectivity index (χ1v) is 12.4. The maximum absolute atomic E-state index is 13.9. The van der Waals surface area contributed by atoms with E-state index in [-0.39, 0.29) is 11.5 Å². The molecule has 0 aliphatic heterocycles. The molecule has 0 radical (unpaired) electrons. The molecular weight excluding hydrogens is 458 g/mol. The Bertz CT molecular complexity index is 1380. The molecule has 1 amide bonds. The number of amides is 1. The van der Waals surface area contributed by atoms with Crippen molar-refractivity contribution >= 4 is 28.4 Å². The molecule has 0 bridgehead atoms. The van der Waals surface area contributed by atoms with E-state index >= 15 is 0 Å². The van der Waals surface area contributed by atoms with E-state index in [9.17, 15) is 9.59 Å². The molecule has 0 spiro atoms. The summed E-state index contributed by atoms with van der Waals surface area (Å²) in [5.74, 6) is 0.784. The number of hydrogen-bond acceptors (Lipinski definition) is 3. The Morgan fingerprint density at radius 3 is 2.31 bits per heavy atom. The predicted octanol–water partition coefficient (Wildman–Crippen LogP) is 6.68. The summed E-state index contributed by atoms with van der Waals surface area (Å²) in [6, 6.07) is 23.5. The molecule has 0 aliphatic rings. The van der Waals surface area contributed by atoms with Crippen LogP contribution in [0, 0.1) is 5.92 Å². The summed E-state index contributed by atoms with van der Waals surface area (Å²) >= 11 is 6.43. The van der Waals surface area contributed by atoms with Gasteiger partial charge in [-0.1, -0.05) is 74.8 Å². The number of rotatable bonds is 8. The van der Waals surface area contributed by atoms with Gasteiger partial charge in [-0.15, -0.1) is 0 Å². The maximum atomic E-state index is 13.9. The lowest BCUT2D eigenvalue weighted by Gasteiger charge is -2.33. The van der Waals surface area contributed by atoms with Crippen molar-refractivity contribution in [2.24, 2.45) is 5.92 Å². The standard InChI is InChI=1S/C29H30ClN3O2/c1-4-26(32(19-18-20(2)3)28(34)22-14-8-10-16-24(22)30)27-31-25-17-11-9-15-23(25)29(35)33(27)21-12-6-5-7-13-21/h5-17,20,26H,4,18-19H2,1-3H3. The molecule has 5 nitrogen and oxygen atoms in total. The van der Waals surface area contributed by atoms with Crippen LogP contribution in [0.5, 0.6) is 0 Å². The molecule has 0 N–H and O–H groups in total. The van der Waals surface area contributed by atoms with Gasteiger partial charge in [-0.2, -0.15) is 0 Å². The van der Waals surface area contributed by atoms with Crippen LogP contribution in [0.25, 0.3) is 16.6 Å². The van der Waals surface area contributed by atoms with Gasteiger partial charge >= 0.3 is 0 Å². The van der Waals surface area contributed by atoms with Crippen LogP contribution in [0.1, 0.15) is 55.8 Å². The van der Waals surface area contributed by atoms with Crippen molar-refractivity contribution in [1.82, 2.24) is 14.5 Å². The van der Waals surface area contributed by atoms with Gasteiger partial charge in [0.2, 0.25) is 0 Å². The Kier molecular flexibility index (Phi) is 7.67. The van der Waals surface area contributed by atoms with E-state index in [1.807, 2.05) is 72.5 Å². The quantitative estimate of drug-likeness (QED) is 0.278. The molecular formula is C29H30ClN3O2. The fourth-order valence-electron chi connectivity index (χ4n) is 4.33. The highest BCUT2D eigenvalue weighted by Gasteiger charge is 2.30. The largest absolute Gasteiger partial charge is 0.328 e. The van der Waals surface area contributed by atoms with Crippen LogP contribution in [-0.2, 0) is 0 Å². The van der Waals surface area contributed by atoms with Crippen molar-refractivity contribution in [3.63, 3.8) is 0 Å². The zero-order valence-electron chi connectivity index (χ0n) is 20.3. The predicted molar refractivity (Wildman–Crippen MR) is 142 cm³/mol. The van der Waals surface area contributed by atoms with E-state index in [1.165, 1.54) is 0 Å². The Hall–Kier alpha value is -3.44. The van der Waals surface area contributed by atoms with E-state index in [2.05, 4.69) is 13.8 Å². The average molecular weight is 488 g/mol. The van der Waals surface area contributed by atoms with E-state index < -0.39 is 6.04 Å². The number of benzene rings is 3. The van der Waals surface area contributed by atoms with Crippen molar-refractivity contribution in [1.29, 1.82) is 0 Å². The summed E-state index contributed by atoms with van der Waals surface area (Å²) < 4.78 is 1.65. The molecule has 4 aromatic rings. The molecule has 1 heterocycles. The van der Waals surface area contributed by atoms with E-state index in [1.54, 1.807) is 22.8 Å². The lowest BCUT2D eigenvalue weighted by atomic mass is 10.0. The third kappa shape index (κ3) is 5.15. The monoisotopic (exact) mass is 487 g/mol. The number of halogens is 1. The average Bonchev–Trinajstić information content (AvgIpc) is 2.87. The molecule has 35 heavy (non-hydrogen) atoms. The number of para-hydroxylation sites is 2. The van der Waals surface area contributed by atoms with Crippen LogP contribution in [0.3, 0.4) is 0 Å². The lowest BCUT2D eigenvalue weighted by molar-refractivity contribution is 0.0649. The fourth-order valence-corrected chi connectivity index (χ4v) is 4.54. The highest BCUT2D eigenvalue weighted by molar-refractivity contribution is 6.33. The Labute approximate surface area is 211 Å². The Morgan fingerprint density at radius 1 is 0.971 bits per heavy atom. The van der Waals surface area contributed by atoms with Gasteiger partial charge in [0, 0.05) is 6.54 Å². The zero-order valence-corrected chi connectivity index (χ0v) is 21.1. The molecule has 0 saturated heterocycles. The zero-order chi connectivity index (χ0) is 24.9. The molecule has 0 aliphatic carbocycles. The summed E-state index contributed by atoms with van der Waals surface area (Å²) in [5.41, 5.74) is 1.64. The minimum absolute atomic E-state index is 0.149. The number of carbonyl (C=O) groups is 1. The fraction of sp³-hybridized carbons (Fsp3) is 0.276. The van der Waals surface area contributed by atoms with Gasteiger partial charge in [0.15, 0.2) is 0 Å². The van der Waals surface area contributed by atoms with Crippen LogP contribution in [0.4, 0.5) is 0 Å². The number of aromatic nitrogens is 2. The first kappa shape index (κ1) is 24.7. The van der Waals surface area contributed by atoms with Gasteiger partial charge in [0.05, 0.1) is 33.2 Å². The molecule has 1 aromatic heterocycles. The second-order valence-electron chi connectivity index (χ2n) is 9.05. The molecule has 0 saturated carbocycles. The van der Waals surface area contributed by atoms with Crippen LogP contribution < -0.4 is 5.56 Å². The normalized spacial score (nSPS) is 12.1. The van der Waals surface area contributed by atoms with Crippen LogP contribution in [0.2, 0.25) is 5.02 Å². The van der Waals surface area contributed by atoms with Crippen LogP contribution >= 0.6 is 11.6 Å². The lowest BCUT2D eigenvalue weighted by Crippen LogP contribution is -2.39. The number of fused-ring (bicyclic) bond motifs is 1. The summed E-state index contributed by atoms with van der Waals surface area (Å²) in [6.45, 7) is 6.81. The van der Waals surface area contributed by atoms with Crippen molar-refractivity contribution in [2.75, 3.05) is 6.54 Å². The smallest absolute Gasteiger partial charge is 0.266 e. The van der Waals surface area contributed by atoms with Crippen LogP contribution in [-0.4, -0.2) is 26.9 Å². The number of hydrogen-bond donors (Lipinski definition) is 0. The third-order valence-corrected chi connectivity index (χ3v) is 6.52. The Morgan fingerprint density at radius 2 is 1.63 bits per heavy atom. The van der Waals surface area contributed by atoms with Crippen LogP contribution in [0.15, 0.2) is 83.7 Å². The number of nitrogens with zero attached hydrogens (tertiary/aromatic N) is 3. The molecule has 180 valence electrons. The van der Waals surface area contributed by atoms with E-state index in [0.29, 0.717) is 46.2 Å². The van der Waals surface area contributed by atoms with Crippen molar-refractivity contribution in [3.8, 4) is 5.69 Å². The van der Waals surface area contributed by atoms with Crippen molar-refractivity contribution in [3.05, 3.63) is 106 Å². The van der Waals surface area contributed by atoms with Gasteiger partial charge in [-0.05, 0) is 55.2 Å². The highest BCUT2D eigenvalue weighted by Crippen LogP contribution is 2.29. The van der Waals surface area contributed by atoms with Crippen molar-refractivity contribution in [2.45, 2.75) is 39.7 Å². The van der Waals surface area contributed by atoms with Gasteiger partial charge in [-0.3, -0.25) is 14.2 Å². The summed E-state index contributed by atoms with van der Waals surface area (Å²) in [4.78, 5) is 34.4. The molecule has 4 rings (SSSR count). The summed E-state index contributed by atoms with van der Waals surface area (Å²) in [5, 5.41) is 0.954. The summed E-state index contributed by atoms with van der Waals surface area (Å²) in [7, 11) is 0. The second-order valence-corrected chi connectivity index (χ2v) is 9.46. The SMILES string of the molecule is CCC(c1nc2ccccc2c(=O)n1-c1ccccc1)N(CCC(C)C)C(=O)c1ccccc1Cl. The third-order valence-electron chi connectivity index (χ3n) is 6.19. The number of carbonyl (C=O) groups excluding carboxylic acids is 1. The minimum atomic E-state index is -0.421. The molecule has 1 atom stereocenters. The second kappa shape index (κ2) is 10.9.